The van der Waals surface area contributed by atoms with E-state index in [0.29, 0.717) is 31.1 Å². The van der Waals surface area contributed by atoms with Crippen LogP contribution in [0.1, 0.15) is 35.3 Å². The molecule has 2 aromatic carbocycles. The highest BCUT2D eigenvalue weighted by atomic mass is 16.2. The van der Waals surface area contributed by atoms with Crippen molar-refractivity contribution < 1.29 is 9.59 Å². The molecule has 2 saturated heterocycles. The molecule has 2 amide bonds. The molecular weight excluding hydrogens is 440 g/mol. The number of nitrogens with zero attached hydrogens (tertiary/aromatic N) is 4. The van der Waals surface area contributed by atoms with Gasteiger partial charge in [-0.3, -0.25) is 14.5 Å². The maximum atomic E-state index is 13.6. The zero-order valence-corrected chi connectivity index (χ0v) is 20.0. The molecule has 2 fully saturated rings. The second kappa shape index (κ2) is 9.46. The zero-order valence-electron chi connectivity index (χ0n) is 20.0. The average molecular weight is 471 g/mol. The van der Waals surface area contributed by atoms with Crippen molar-refractivity contribution in [2.24, 2.45) is 5.92 Å². The Balaban J connectivity index is 1.39. The van der Waals surface area contributed by atoms with Crippen LogP contribution in [0.25, 0.3) is 0 Å². The summed E-state index contributed by atoms with van der Waals surface area (Å²) in [7, 11) is 2.10. The van der Waals surface area contributed by atoms with Crippen LogP contribution in [-0.4, -0.2) is 63.8 Å². The van der Waals surface area contributed by atoms with E-state index in [9.17, 15) is 9.59 Å². The summed E-state index contributed by atoms with van der Waals surface area (Å²) < 4.78 is 0. The summed E-state index contributed by atoms with van der Waals surface area (Å²) in [5.41, 5.74) is 2.09. The Kier molecular flexibility index (Phi) is 6.21. The molecule has 0 bridgehead atoms. The van der Waals surface area contributed by atoms with Gasteiger partial charge in [0, 0.05) is 62.2 Å². The Labute approximate surface area is 205 Å². The summed E-state index contributed by atoms with van der Waals surface area (Å²) in [6.45, 7) is 3.36. The summed E-state index contributed by atoms with van der Waals surface area (Å²) in [5.74, 6) is 0.576. The van der Waals surface area contributed by atoms with Gasteiger partial charge in [-0.05, 0) is 43.3 Å². The number of likely N-dealkylation sites (tertiary alicyclic amines) is 2. The predicted molar refractivity (Wildman–Crippen MR) is 134 cm³/mol. The summed E-state index contributed by atoms with van der Waals surface area (Å²) >= 11 is 0. The molecule has 0 spiro atoms. The maximum Gasteiger partial charge on any atom is 0.254 e. The molecule has 2 aliphatic heterocycles. The number of aromatic nitrogens is 2. The number of benzene rings is 2. The highest BCUT2D eigenvalue weighted by molar-refractivity contribution is 5.95. The van der Waals surface area contributed by atoms with E-state index in [1.807, 2.05) is 35.2 Å². The molecule has 180 valence electrons. The summed E-state index contributed by atoms with van der Waals surface area (Å²) in [6.07, 6.45) is 4.14. The van der Waals surface area contributed by atoms with Gasteiger partial charge in [0.15, 0.2) is 0 Å². The molecule has 3 aromatic rings. The molecule has 0 saturated carbocycles. The highest BCUT2D eigenvalue weighted by Crippen LogP contribution is 2.47. The van der Waals surface area contributed by atoms with Gasteiger partial charge < -0.3 is 15.5 Å². The van der Waals surface area contributed by atoms with Crippen molar-refractivity contribution in [1.82, 2.24) is 25.1 Å². The average Bonchev–Trinajstić information content (AvgIpc) is 3.14. The van der Waals surface area contributed by atoms with Crippen molar-refractivity contribution in [3.05, 3.63) is 84.2 Å². The molecule has 5 rings (SSSR count). The Morgan fingerprint density at radius 1 is 1.00 bits per heavy atom. The number of carbonyl (C=O) groups is 2. The largest absolute Gasteiger partial charge is 0.347 e. The minimum Gasteiger partial charge on any atom is -0.347 e. The number of nitrogens with one attached hydrogen (secondary N) is 2. The van der Waals surface area contributed by atoms with Crippen molar-refractivity contribution in [3.8, 4) is 0 Å². The number of likely N-dealkylation sites (N-methyl/N-ethyl adjacent to an activating group) is 1. The number of hydrogen-bond donors (Lipinski definition) is 2. The standard InChI is InChI=1S/C27H30N6O2/c1-19(34)31-27-17-32(2)24(20-8-4-3-5-9-20)23(27)12-15-33(18-27)25(35)21-10-6-11-22(16-21)30-26-28-13-7-14-29-26/h3-11,13-14,16,23-24H,12,15,17-18H2,1-2H3,(H,31,34)(H,28,29,30)/t23-,24-,27+/m1/s1. The number of fused-ring (bicyclic) bond motifs is 1. The Morgan fingerprint density at radius 3 is 2.51 bits per heavy atom. The number of hydrogen-bond acceptors (Lipinski definition) is 6. The quantitative estimate of drug-likeness (QED) is 0.595. The van der Waals surface area contributed by atoms with Gasteiger partial charge in [-0.1, -0.05) is 36.4 Å². The van der Waals surface area contributed by atoms with Crippen molar-refractivity contribution >= 4 is 23.5 Å². The van der Waals surface area contributed by atoms with Crippen molar-refractivity contribution in [3.63, 3.8) is 0 Å². The van der Waals surface area contributed by atoms with Crippen LogP contribution < -0.4 is 10.6 Å². The molecule has 3 heterocycles. The van der Waals surface area contributed by atoms with E-state index < -0.39 is 5.54 Å². The van der Waals surface area contributed by atoms with E-state index in [2.05, 4.69) is 56.8 Å². The van der Waals surface area contributed by atoms with Gasteiger partial charge in [0.25, 0.3) is 5.91 Å². The number of rotatable bonds is 5. The first-order chi connectivity index (χ1) is 16.9. The predicted octanol–water partition coefficient (Wildman–Crippen LogP) is 3.24. The van der Waals surface area contributed by atoms with Crippen LogP contribution in [0, 0.1) is 5.92 Å². The minimum atomic E-state index is -0.497. The lowest BCUT2D eigenvalue weighted by Gasteiger charge is -2.45. The van der Waals surface area contributed by atoms with E-state index >= 15 is 0 Å². The van der Waals surface area contributed by atoms with E-state index in [0.717, 1.165) is 12.1 Å². The Hall–Kier alpha value is -3.78. The lowest BCUT2D eigenvalue weighted by Crippen LogP contribution is -2.64. The molecule has 8 heteroatoms. The lowest BCUT2D eigenvalue weighted by molar-refractivity contribution is -0.122. The van der Waals surface area contributed by atoms with Gasteiger partial charge in [0.05, 0.1) is 5.54 Å². The zero-order chi connectivity index (χ0) is 24.4. The fourth-order valence-electron chi connectivity index (χ4n) is 5.82. The second-order valence-electron chi connectivity index (χ2n) is 9.51. The SMILES string of the molecule is CC(=O)N[C@@]12CN(C(=O)c3cccc(Nc4ncccn4)c3)CC[C@@H]1[C@@H](c1ccccc1)N(C)C2. The van der Waals surface area contributed by atoms with Gasteiger partial charge in [0.1, 0.15) is 0 Å². The van der Waals surface area contributed by atoms with E-state index in [1.165, 1.54) is 5.56 Å². The summed E-state index contributed by atoms with van der Waals surface area (Å²) in [5, 5.41) is 6.41. The number of carbonyl (C=O) groups excluding carboxylic acids is 2. The van der Waals surface area contributed by atoms with Gasteiger partial charge in [-0.15, -0.1) is 0 Å². The molecule has 2 aliphatic rings. The van der Waals surface area contributed by atoms with Crippen LogP contribution in [0.3, 0.4) is 0 Å². The molecule has 3 atom stereocenters. The molecular formula is C27H30N6O2. The van der Waals surface area contributed by atoms with Gasteiger partial charge >= 0.3 is 0 Å². The van der Waals surface area contributed by atoms with Crippen LogP contribution in [0.15, 0.2) is 73.1 Å². The number of anilines is 2. The number of piperidine rings is 1. The van der Waals surface area contributed by atoms with Crippen LogP contribution in [0.2, 0.25) is 0 Å². The van der Waals surface area contributed by atoms with Crippen molar-refractivity contribution in [2.75, 3.05) is 32.0 Å². The molecule has 8 nitrogen and oxygen atoms in total. The van der Waals surface area contributed by atoms with Crippen molar-refractivity contribution in [1.29, 1.82) is 0 Å². The first-order valence-electron chi connectivity index (χ1n) is 11.9. The first-order valence-corrected chi connectivity index (χ1v) is 11.9. The van der Waals surface area contributed by atoms with E-state index in [1.54, 1.807) is 25.4 Å². The Morgan fingerprint density at radius 2 is 1.77 bits per heavy atom. The molecule has 1 aromatic heterocycles. The molecule has 0 unspecified atom stereocenters. The second-order valence-corrected chi connectivity index (χ2v) is 9.51. The van der Waals surface area contributed by atoms with Gasteiger partial charge in [-0.2, -0.15) is 0 Å². The molecule has 2 N–H and O–H groups in total. The van der Waals surface area contributed by atoms with E-state index in [4.69, 9.17) is 0 Å². The fraction of sp³-hybridized carbons (Fsp3) is 0.333. The monoisotopic (exact) mass is 470 g/mol. The fourth-order valence-corrected chi connectivity index (χ4v) is 5.82. The van der Waals surface area contributed by atoms with Crippen LogP contribution in [-0.2, 0) is 4.79 Å². The third-order valence-corrected chi connectivity index (χ3v) is 7.07. The minimum absolute atomic E-state index is 0.0448. The lowest BCUT2D eigenvalue weighted by atomic mass is 9.75. The number of amides is 2. The third kappa shape index (κ3) is 4.61. The molecule has 0 aliphatic carbocycles. The highest BCUT2D eigenvalue weighted by Gasteiger charge is 2.55. The maximum absolute atomic E-state index is 13.6. The summed E-state index contributed by atoms with van der Waals surface area (Å²) in [6, 6.07) is 19.8. The van der Waals surface area contributed by atoms with E-state index in [-0.39, 0.29) is 23.8 Å². The summed E-state index contributed by atoms with van der Waals surface area (Å²) in [4.78, 5) is 38.5. The van der Waals surface area contributed by atoms with Crippen LogP contribution >= 0.6 is 0 Å². The topological polar surface area (TPSA) is 90.5 Å². The van der Waals surface area contributed by atoms with Gasteiger partial charge in [-0.25, -0.2) is 9.97 Å². The van der Waals surface area contributed by atoms with Crippen LogP contribution in [0.4, 0.5) is 11.6 Å². The normalized spacial score (nSPS) is 24.0. The molecule has 0 radical (unpaired) electrons. The molecule has 35 heavy (non-hydrogen) atoms. The third-order valence-electron chi connectivity index (χ3n) is 7.07. The Bertz CT molecular complexity index is 1200. The van der Waals surface area contributed by atoms with Gasteiger partial charge in [0.2, 0.25) is 11.9 Å². The first kappa shape index (κ1) is 23.0. The van der Waals surface area contributed by atoms with Crippen molar-refractivity contribution in [2.45, 2.75) is 24.9 Å². The smallest absolute Gasteiger partial charge is 0.254 e. The van der Waals surface area contributed by atoms with Crippen LogP contribution in [0.5, 0.6) is 0 Å².